The average molecular weight is 277 g/mol. The zero-order valence-electron chi connectivity index (χ0n) is 11.5. The van der Waals surface area contributed by atoms with E-state index in [-0.39, 0.29) is 11.9 Å². The summed E-state index contributed by atoms with van der Waals surface area (Å²) in [6.07, 6.45) is 6.16. The second kappa shape index (κ2) is 4.96. The molecule has 2 fully saturated rings. The van der Waals surface area contributed by atoms with Crippen LogP contribution in [0.3, 0.4) is 0 Å². The van der Waals surface area contributed by atoms with Gasteiger partial charge in [0.05, 0.1) is 5.56 Å². The van der Waals surface area contributed by atoms with Gasteiger partial charge in [-0.2, -0.15) is 0 Å². The van der Waals surface area contributed by atoms with E-state index in [1.54, 1.807) is 17.9 Å². The molecule has 1 aliphatic heterocycles. The van der Waals surface area contributed by atoms with Gasteiger partial charge in [0.25, 0.3) is 5.91 Å². The van der Waals surface area contributed by atoms with Gasteiger partial charge in [-0.25, -0.2) is 4.79 Å². The average Bonchev–Trinajstić information content (AvgIpc) is 3.01. The Balaban J connectivity index is 1.90. The van der Waals surface area contributed by atoms with Crippen LogP contribution in [0.15, 0.2) is 16.7 Å². The van der Waals surface area contributed by atoms with E-state index in [1.807, 2.05) is 0 Å². The number of furan rings is 1. The molecule has 2 aliphatic rings. The van der Waals surface area contributed by atoms with Crippen molar-refractivity contribution in [2.75, 3.05) is 0 Å². The Morgan fingerprint density at radius 2 is 2.10 bits per heavy atom. The molecular weight excluding hydrogens is 258 g/mol. The van der Waals surface area contributed by atoms with E-state index in [9.17, 15) is 14.7 Å². The summed E-state index contributed by atoms with van der Waals surface area (Å²) < 4.78 is 5.18. The predicted molar refractivity (Wildman–Crippen MR) is 71.4 cm³/mol. The molecule has 3 unspecified atom stereocenters. The third-order valence-corrected chi connectivity index (χ3v) is 4.59. The lowest BCUT2D eigenvalue weighted by Crippen LogP contribution is -2.46. The standard InChI is InChI=1S/C15H19NO4/c1-9-6-11(8-20-9)14(17)16-12-5-3-2-4-10(12)7-13(16)15(18)19/h6,8,10,12-13H,2-5,7H2,1H3,(H,18,19). The van der Waals surface area contributed by atoms with E-state index in [2.05, 4.69) is 0 Å². The fraction of sp³-hybridized carbons (Fsp3) is 0.600. The second-order valence-electron chi connectivity index (χ2n) is 5.86. The van der Waals surface area contributed by atoms with Crippen molar-refractivity contribution in [3.63, 3.8) is 0 Å². The van der Waals surface area contributed by atoms with Gasteiger partial charge in [0.1, 0.15) is 18.1 Å². The Kier molecular flexibility index (Phi) is 3.28. The van der Waals surface area contributed by atoms with Gasteiger partial charge >= 0.3 is 5.97 Å². The molecule has 3 rings (SSSR count). The highest BCUT2D eigenvalue weighted by Gasteiger charge is 2.47. The maximum atomic E-state index is 12.6. The van der Waals surface area contributed by atoms with Gasteiger partial charge in [-0.3, -0.25) is 4.79 Å². The molecular formula is C15H19NO4. The number of carboxylic acid groups (broad SMARTS) is 1. The van der Waals surface area contributed by atoms with Gasteiger partial charge in [-0.05, 0) is 38.2 Å². The SMILES string of the molecule is Cc1cc(C(=O)N2C(C(=O)O)CC3CCCCC32)co1. The van der Waals surface area contributed by atoms with Crippen LogP contribution >= 0.6 is 0 Å². The minimum atomic E-state index is -0.895. The van der Waals surface area contributed by atoms with E-state index in [4.69, 9.17) is 4.42 Å². The summed E-state index contributed by atoms with van der Waals surface area (Å²) in [5.41, 5.74) is 0.458. The van der Waals surface area contributed by atoms with Gasteiger partial charge < -0.3 is 14.4 Å². The molecule has 5 heteroatoms. The van der Waals surface area contributed by atoms with Crippen molar-refractivity contribution in [3.8, 4) is 0 Å². The molecule has 108 valence electrons. The second-order valence-corrected chi connectivity index (χ2v) is 5.86. The number of hydrogen-bond acceptors (Lipinski definition) is 3. The molecule has 0 radical (unpaired) electrons. The van der Waals surface area contributed by atoms with Crippen LogP contribution in [0.25, 0.3) is 0 Å². The van der Waals surface area contributed by atoms with Crippen molar-refractivity contribution < 1.29 is 19.1 Å². The number of carbonyl (C=O) groups is 2. The van der Waals surface area contributed by atoms with Gasteiger partial charge in [0.15, 0.2) is 0 Å². The maximum Gasteiger partial charge on any atom is 0.326 e. The molecule has 1 saturated heterocycles. The summed E-state index contributed by atoms with van der Waals surface area (Å²) in [5, 5.41) is 9.41. The summed E-state index contributed by atoms with van der Waals surface area (Å²) in [7, 11) is 0. The van der Waals surface area contributed by atoms with Crippen molar-refractivity contribution in [2.45, 2.75) is 51.1 Å². The number of rotatable bonds is 2. The molecule has 0 aromatic carbocycles. The van der Waals surface area contributed by atoms with Gasteiger partial charge in [0.2, 0.25) is 0 Å². The summed E-state index contributed by atoms with van der Waals surface area (Å²) in [6, 6.07) is 1.07. The van der Waals surface area contributed by atoms with Gasteiger partial charge in [0, 0.05) is 6.04 Å². The van der Waals surface area contributed by atoms with E-state index < -0.39 is 12.0 Å². The number of amides is 1. The first-order valence-corrected chi connectivity index (χ1v) is 7.18. The third kappa shape index (κ3) is 2.11. The molecule has 20 heavy (non-hydrogen) atoms. The highest BCUT2D eigenvalue weighted by atomic mass is 16.4. The van der Waals surface area contributed by atoms with Crippen LogP contribution in [0, 0.1) is 12.8 Å². The molecule has 0 bridgehead atoms. The number of likely N-dealkylation sites (tertiary alicyclic amines) is 1. The molecule has 2 heterocycles. The van der Waals surface area contributed by atoms with Crippen LogP contribution < -0.4 is 0 Å². The molecule has 1 N–H and O–H groups in total. The first-order chi connectivity index (χ1) is 9.58. The van der Waals surface area contributed by atoms with Crippen molar-refractivity contribution in [1.82, 2.24) is 4.90 Å². The van der Waals surface area contributed by atoms with Crippen molar-refractivity contribution in [1.29, 1.82) is 0 Å². The smallest absolute Gasteiger partial charge is 0.326 e. The van der Waals surface area contributed by atoms with E-state index >= 15 is 0 Å². The number of aryl methyl sites for hydroxylation is 1. The lowest BCUT2D eigenvalue weighted by Gasteiger charge is -2.32. The van der Waals surface area contributed by atoms with Crippen LogP contribution in [-0.4, -0.2) is 34.0 Å². The predicted octanol–water partition coefficient (Wildman–Crippen LogP) is 2.45. The first kappa shape index (κ1) is 13.2. The highest BCUT2D eigenvalue weighted by molar-refractivity contribution is 5.97. The number of carbonyl (C=O) groups excluding carboxylic acids is 1. The number of hydrogen-bond donors (Lipinski definition) is 1. The van der Waals surface area contributed by atoms with Crippen molar-refractivity contribution in [2.24, 2.45) is 5.92 Å². The molecule has 1 amide bonds. The van der Waals surface area contributed by atoms with Gasteiger partial charge in [-0.15, -0.1) is 0 Å². The minimum absolute atomic E-state index is 0.0764. The largest absolute Gasteiger partial charge is 0.480 e. The van der Waals surface area contributed by atoms with Crippen LogP contribution in [0.1, 0.15) is 48.2 Å². The number of fused-ring (bicyclic) bond motifs is 1. The normalized spacial score (nSPS) is 29.2. The summed E-state index contributed by atoms with van der Waals surface area (Å²) in [4.78, 5) is 25.7. The molecule has 1 aromatic heterocycles. The monoisotopic (exact) mass is 277 g/mol. The van der Waals surface area contributed by atoms with E-state index in [0.29, 0.717) is 23.7 Å². The Bertz CT molecular complexity index is 536. The van der Waals surface area contributed by atoms with Gasteiger partial charge in [-0.1, -0.05) is 12.8 Å². The Hall–Kier alpha value is -1.78. The number of carboxylic acids is 1. The Morgan fingerprint density at radius 1 is 1.35 bits per heavy atom. The first-order valence-electron chi connectivity index (χ1n) is 7.18. The molecule has 1 aliphatic carbocycles. The summed E-state index contributed by atoms with van der Waals surface area (Å²) in [5.74, 6) is -0.0990. The van der Waals surface area contributed by atoms with Crippen LogP contribution in [0.2, 0.25) is 0 Å². The lowest BCUT2D eigenvalue weighted by atomic mass is 9.84. The quantitative estimate of drug-likeness (QED) is 0.901. The Morgan fingerprint density at radius 3 is 2.75 bits per heavy atom. The highest BCUT2D eigenvalue weighted by Crippen LogP contribution is 2.40. The van der Waals surface area contributed by atoms with Crippen molar-refractivity contribution in [3.05, 3.63) is 23.7 Å². The zero-order chi connectivity index (χ0) is 14.3. The fourth-order valence-electron chi connectivity index (χ4n) is 3.68. The number of aliphatic carboxylic acids is 1. The maximum absolute atomic E-state index is 12.6. The number of nitrogens with zero attached hydrogens (tertiary/aromatic N) is 1. The minimum Gasteiger partial charge on any atom is -0.480 e. The summed E-state index contributed by atoms with van der Waals surface area (Å²) >= 11 is 0. The Labute approximate surface area is 117 Å². The van der Waals surface area contributed by atoms with Crippen LogP contribution in [-0.2, 0) is 4.79 Å². The summed E-state index contributed by atoms with van der Waals surface area (Å²) in [6.45, 7) is 1.78. The topological polar surface area (TPSA) is 70.8 Å². The van der Waals surface area contributed by atoms with Crippen molar-refractivity contribution >= 4 is 11.9 Å². The fourth-order valence-corrected chi connectivity index (χ4v) is 3.68. The molecule has 0 spiro atoms. The molecule has 1 saturated carbocycles. The lowest BCUT2D eigenvalue weighted by molar-refractivity contribution is -0.141. The third-order valence-electron chi connectivity index (χ3n) is 4.59. The molecule has 5 nitrogen and oxygen atoms in total. The van der Waals surface area contributed by atoms with Crippen LogP contribution in [0.5, 0.6) is 0 Å². The molecule has 3 atom stereocenters. The van der Waals surface area contributed by atoms with E-state index in [1.165, 1.54) is 6.26 Å². The van der Waals surface area contributed by atoms with Crippen LogP contribution in [0.4, 0.5) is 0 Å². The zero-order valence-corrected chi connectivity index (χ0v) is 11.5. The van der Waals surface area contributed by atoms with E-state index in [0.717, 1.165) is 25.7 Å². The molecule has 1 aromatic rings.